The molecule has 1 aliphatic carbocycles. The van der Waals surface area contributed by atoms with Crippen LogP contribution in [0.15, 0.2) is 53.2 Å². The number of hydrogen-bond donors (Lipinski definition) is 0. The van der Waals surface area contributed by atoms with Crippen LogP contribution < -0.4 is 0 Å². The second kappa shape index (κ2) is 10.1. The Kier molecular flexibility index (Phi) is 7.06. The maximum absolute atomic E-state index is 13.4. The summed E-state index contributed by atoms with van der Waals surface area (Å²) in [6.07, 6.45) is 10.6. The Balaban J connectivity index is 1.59. The highest BCUT2D eigenvalue weighted by molar-refractivity contribution is 6.01. The molecule has 0 bridgehead atoms. The smallest absolute Gasteiger partial charge is 0.326 e. The highest BCUT2D eigenvalue weighted by Crippen LogP contribution is 2.37. The van der Waals surface area contributed by atoms with Gasteiger partial charge in [-0.3, -0.25) is 4.90 Å². The van der Waals surface area contributed by atoms with E-state index < -0.39 is 0 Å². The van der Waals surface area contributed by atoms with Gasteiger partial charge in [0.2, 0.25) is 0 Å². The predicted octanol–water partition coefficient (Wildman–Crippen LogP) is 4.75. The first-order valence-corrected chi connectivity index (χ1v) is 11.4. The number of urea groups is 1. The fourth-order valence-corrected chi connectivity index (χ4v) is 4.81. The monoisotopic (exact) mass is 435 g/mol. The van der Waals surface area contributed by atoms with Crippen molar-refractivity contribution in [1.82, 2.24) is 9.80 Å². The third-order valence-electron chi connectivity index (χ3n) is 6.36. The number of methoxy groups -OCH3 is 1. The molecule has 6 heteroatoms. The summed E-state index contributed by atoms with van der Waals surface area (Å²) in [6, 6.07) is 6.75. The van der Waals surface area contributed by atoms with Crippen molar-refractivity contribution >= 4 is 11.9 Å². The number of fused-ring (bicyclic) bond motifs is 1. The Morgan fingerprint density at radius 2 is 2.09 bits per heavy atom. The van der Waals surface area contributed by atoms with Gasteiger partial charge in [-0.05, 0) is 56.4 Å². The Morgan fingerprint density at radius 3 is 2.91 bits per heavy atom. The molecule has 2 aliphatic heterocycles. The molecule has 3 atom stereocenters. The number of amides is 2. The second-order valence-corrected chi connectivity index (χ2v) is 8.63. The fraction of sp³-hybridized carbons (Fsp3) is 0.462. The van der Waals surface area contributed by atoms with Crippen molar-refractivity contribution in [1.29, 1.82) is 0 Å². The van der Waals surface area contributed by atoms with Crippen LogP contribution >= 0.6 is 0 Å². The topological polar surface area (TPSA) is 45.1 Å². The molecule has 2 amide bonds. The number of aliphatic imine (C=N–C) groups is 1. The summed E-state index contributed by atoms with van der Waals surface area (Å²) in [6.45, 7) is 3.48. The number of carbonyl (C=O) groups excluding carboxylic acids is 1. The molecule has 168 valence electrons. The molecule has 1 aromatic rings. The molecule has 5 nitrogen and oxygen atoms in total. The Labute approximate surface area is 189 Å². The van der Waals surface area contributed by atoms with Gasteiger partial charge in [0.1, 0.15) is 11.7 Å². The zero-order valence-electron chi connectivity index (χ0n) is 18.8. The number of carbonyl (C=O) groups is 1. The normalized spacial score (nSPS) is 25.0. The van der Waals surface area contributed by atoms with Crippen molar-refractivity contribution in [3.63, 3.8) is 0 Å². The SMILES string of the molecule is COCCCN1C(=O)N(C2=NC=C(C#Cc3cccc(F)c3)C=CCC2C)C2CCCC21. The number of nitrogens with zero attached hydrogens (tertiary/aromatic N) is 3. The van der Waals surface area contributed by atoms with Gasteiger partial charge in [0.05, 0.1) is 12.1 Å². The maximum atomic E-state index is 13.4. The van der Waals surface area contributed by atoms with Crippen LogP contribution in [0, 0.1) is 23.6 Å². The highest BCUT2D eigenvalue weighted by Gasteiger charge is 2.49. The molecule has 32 heavy (non-hydrogen) atoms. The van der Waals surface area contributed by atoms with Gasteiger partial charge < -0.3 is 9.64 Å². The molecule has 2 fully saturated rings. The summed E-state index contributed by atoms with van der Waals surface area (Å²) in [7, 11) is 1.69. The van der Waals surface area contributed by atoms with Gasteiger partial charge in [-0.2, -0.15) is 0 Å². The van der Waals surface area contributed by atoms with E-state index in [2.05, 4.69) is 24.8 Å². The van der Waals surface area contributed by atoms with Gasteiger partial charge in [-0.25, -0.2) is 14.2 Å². The second-order valence-electron chi connectivity index (χ2n) is 8.63. The molecular formula is C26H30FN3O2. The molecule has 4 rings (SSSR count). The average Bonchev–Trinajstić information content (AvgIpc) is 3.33. The van der Waals surface area contributed by atoms with Crippen LogP contribution in [0.1, 0.15) is 44.6 Å². The van der Waals surface area contributed by atoms with Crippen LogP contribution in [0.5, 0.6) is 0 Å². The number of rotatable bonds is 4. The average molecular weight is 436 g/mol. The first-order valence-electron chi connectivity index (χ1n) is 11.4. The molecule has 3 aliphatic rings. The summed E-state index contributed by atoms with van der Waals surface area (Å²) in [5, 5.41) is 0. The van der Waals surface area contributed by atoms with E-state index in [9.17, 15) is 9.18 Å². The first kappa shape index (κ1) is 22.3. The standard InChI is InChI=1S/C26H30FN3O2/c1-19-7-3-9-21(14-13-20-8-4-10-22(27)17-20)18-28-25(19)30-24-12-5-11-23(24)29(26(30)31)15-6-16-32-2/h3-4,8-10,17-19,23-24H,5-7,11-12,15-16H2,1-2H3. The lowest BCUT2D eigenvalue weighted by molar-refractivity contribution is 0.165. The van der Waals surface area contributed by atoms with Crippen LogP contribution in [0.25, 0.3) is 0 Å². The third kappa shape index (κ3) is 4.78. The number of allylic oxidation sites excluding steroid dienone is 3. The van der Waals surface area contributed by atoms with E-state index in [1.165, 1.54) is 12.1 Å². The van der Waals surface area contributed by atoms with Crippen LogP contribution in [-0.2, 0) is 4.74 Å². The lowest BCUT2D eigenvalue weighted by atomic mass is 10.0. The van der Waals surface area contributed by atoms with E-state index in [0.717, 1.165) is 43.5 Å². The number of hydrogen-bond acceptors (Lipinski definition) is 3. The quantitative estimate of drug-likeness (QED) is 0.506. The minimum Gasteiger partial charge on any atom is -0.385 e. The van der Waals surface area contributed by atoms with Crippen LogP contribution in [0.2, 0.25) is 0 Å². The van der Waals surface area contributed by atoms with Crippen molar-refractivity contribution < 1.29 is 13.9 Å². The van der Waals surface area contributed by atoms with Gasteiger partial charge >= 0.3 is 6.03 Å². The maximum Gasteiger partial charge on any atom is 0.326 e. The number of halogens is 1. The predicted molar refractivity (Wildman–Crippen MR) is 124 cm³/mol. The lowest BCUT2D eigenvalue weighted by Gasteiger charge is -2.27. The molecular weight excluding hydrogens is 405 g/mol. The van der Waals surface area contributed by atoms with Gasteiger partial charge in [0.25, 0.3) is 0 Å². The largest absolute Gasteiger partial charge is 0.385 e. The molecule has 0 spiro atoms. The number of amidine groups is 1. The summed E-state index contributed by atoms with van der Waals surface area (Å²) < 4.78 is 18.6. The Bertz CT molecular complexity index is 1000. The molecule has 0 aromatic heterocycles. The van der Waals surface area contributed by atoms with Crippen molar-refractivity contribution in [2.75, 3.05) is 20.3 Å². The Hall–Kier alpha value is -2.91. The number of benzene rings is 1. The minimum absolute atomic E-state index is 0.0618. The van der Waals surface area contributed by atoms with Gasteiger partial charge in [-0.1, -0.05) is 30.9 Å². The van der Waals surface area contributed by atoms with E-state index >= 15 is 0 Å². The lowest BCUT2D eigenvalue weighted by Crippen LogP contribution is -2.43. The van der Waals surface area contributed by atoms with Crippen molar-refractivity contribution in [3.05, 3.63) is 59.6 Å². The van der Waals surface area contributed by atoms with Crippen molar-refractivity contribution in [2.45, 2.75) is 51.1 Å². The van der Waals surface area contributed by atoms with E-state index in [-0.39, 0.29) is 29.8 Å². The summed E-state index contributed by atoms with van der Waals surface area (Å²) in [5.74, 6) is 6.72. The summed E-state index contributed by atoms with van der Waals surface area (Å²) in [5.41, 5.74) is 1.36. The van der Waals surface area contributed by atoms with E-state index in [1.54, 1.807) is 25.4 Å². The van der Waals surface area contributed by atoms with Gasteiger partial charge in [0, 0.05) is 43.5 Å². The zero-order valence-corrected chi connectivity index (χ0v) is 18.8. The van der Waals surface area contributed by atoms with Gasteiger partial charge in [0.15, 0.2) is 0 Å². The summed E-state index contributed by atoms with van der Waals surface area (Å²) >= 11 is 0. The van der Waals surface area contributed by atoms with Crippen LogP contribution in [0.4, 0.5) is 9.18 Å². The van der Waals surface area contributed by atoms with Crippen molar-refractivity contribution in [2.24, 2.45) is 10.9 Å². The van der Waals surface area contributed by atoms with Gasteiger partial charge in [-0.15, -0.1) is 0 Å². The molecule has 1 saturated heterocycles. The van der Waals surface area contributed by atoms with Crippen molar-refractivity contribution in [3.8, 4) is 11.8 Å². The molecule has 1 saturated carbocycles. The number of ether oxygens (including phenoxy) is 1. The summed E-state index contributed by atoms with van der Waals surface area (Å²) in [4.78, 5) is 22.2. The fourth-order valence-electron chi connectivity index (χ4n) is 4.81. The minimum atomic E-state index is -0.304. The van der Waals surface area contributed by atoms with E-state index in [4.69, 9.17) is 9.73 Å². The van der Waals surface area contributed by atoms with Crippen LogP contribution in [0.3, 0.4) is 0 Å². The highest BCUT2D eigenvalue weighted by atomic mass is 19.1. The molecule has 2 heterocycles. The molecule has 0 N–H and O–H groups in total. The third-order valence-corrected chi connectivity index (χ3v) is 6.36. The van der Waals surface area contributed by atoms with E-state index in [0.29, 0.717) is 18.7 Å². The zero-order chi connectivity index (χ0) is 22.5. The molecule has 0 radical (unpaired) electrons. The molecule has 1 aromatic carbocycles. The molecule has 3 unspecified atom stereocenters. The Morgan fingerprint density at radius 1 is 1.25 bits per heavy atom. The van der Waals surface area contributed by atoms with Crippen LogP contribution in [-0.4, -0.2) is 54.0 Å². The van der Waals surface area contributed by atoms with E-state index in [1.807, 2.05) is 15.9 Å². The first-order chi connectivity index (χ1) is 15.6.